The van der Waals surface area contributed by atoms with Crippen LogP contribution < -0.4 is 5.32 Å². The van der Waals surface area contributed by atoms with Crippen molar-refractivity contribution in [3.8, 4) is 0 Å². The number of aliphatic carboxylic acids is 1. The molecule has 1 fully saturated rings. The molecular weight excluding hydrogens is 264 g/mol. The van der Waals surface area contributed by atoms with E-state index in [0.717, 1.165) is 12.8 Å². The minimum atomic E-state index is -1.25. The number of ether oxygens (including phenoxy) is 1. The third-order valence-electron chi connectivity index (χ3n) is 3.54. The van der Waals surface area contributed by atoms with Gasteiger partial charge in [0.2, 0.25) is 0 Å². The van der Waals surface area contributed by atoms with Gasteiger partial charge in [-0.3, -0.25) is 0 Å². The molecule has 1 aliphatic rings. The maximum Gasteiger partial charge on any atom is 0.329 e. The van der Waals surface area contributed by atoms with Gasteiger partial charge in [-0.15, -0.1) is 0 Å². The number of carboxylic acid groups (broad SMARTS) is 1. The number of carbonyl (C=O) groups is 2. The van der Waals surface area contributed by atoms with Crippen LogP contribution in [0.2, 0.25) is 0 Å². The molecule has 20 heavy (non-hydrogen) atoms. The lowest BCUT2D eigenvalue weighted by molar-refractivity contribution is -0.148. The first-order valence-corrected chi connectivity index (χ1v) is 7.05. The smallest absolute Gasteiger partial charge is 0.329 e. The summed E-state index contributed by atoms with van der Waals surface area (Å²) in [6.07, 6.45) is 2.26. The van der Waals surface area contributed by atoms with E-state index in [1.54, 1.807) is 0 Å². The minimum absolute atomic E-state index is 0.139. The first kappa shape index (κ1) is 16.7. The molecule has 0 atom stereocenters. The number of amides is 2. The number of aliphatic hydroxyl groups excluding tert-OH is 1. The molecule has 1 aliphatic heterocycles. The molecule has 1 saturated heterocycles. The van der Waals surface area contributed by atoms with E-state index in [4.69, 9.17) is 9.84 Å². The highest BCUT2D eigenvalue weighted by molar-refractivity contribution is 5.86. The van der Waals surface area contributed by atoms with Crippen LogP contribution in [-0.4, -0.2) is 65.6 Å². The second kappa shape index (κ2) is 8.06. The summed E-state index contributed by atoms with van der Waals surface area (Å²) in [4.78, 5) is 25.1. The lowest BCUT2D eigenvalue weighted by Crippen LogP contribution is -2.60. The molecule has 3 N–H and O–H groups in total. The molecule has 0 aromatic heterocycles. The van der Waals surface area contributed by atoms with Gasteiger partial charge >= 0.3 is 12.0 Å². The predicted molar refractivity (Wildman–Crippen MR) is 72.5 cm³/mol. The molecule has 0 aliphatic carbocycles. The summed E-state index contributed by atoms with van der Waals surface area (Å²) in [6, 6.07) is -0.434. The Morgan fingerprint density at radius 1 is 1.30 bits per heavy atom. The van der Waals surface area contributed by atoms with Crippen molar-refractivity contribution in [2.75, 3.05) is 32.9 Å². The van der Waals surface area contributed by atoms with Crippen molar-refractivity contribution in [2.45, 2.75) is 38.1 Å². The largest absolute Gasteiger partial charge is 0.480 e. The minimum Gasteiger partial charge on any atom is -0.480 e. The molecule has 116 valence electrons. The lowest BCUT2D eigenvalue weighted by Gasteiger charge is -2.36. The first-order chi connectivity index (χ1) is 9.55. The fourth-order valence-corrected chi connectivity index (χ4v) is 2.18. The summed E-state index contributed by atoms with van der Waals surface area (Å²) in [7, 11) is 0. The summed E-state index contributed by atoms with van der Waals surface area (Å²) in [5.74, 6) is -1.03. The van der Waals surface area contributed by atoms with E-state index in [1.165, 1.54) is 4.90 Å². The quantitative estimate of drug-likeness (QED) is 0.630. The SMILES string of the molecule is CCCCN(CCO)C(=O)NC1(C(=O)O)CCOCC1. The predicted octanol–water partition coefficient (Wildman–Crippen LogP) is 0.424. The Kier molecular flexibility index (Phi) is 6.74. The molecular formula is C13H24N2O5. The fourth-order valence-electron chi connectivity index (χ4n) is 2.18. The topological polar surface area (TPSA) is 99.1 Å². The van der Waals surface area contributed by atoms with Crippen LogP contribution in [0.3, 0.4) is 0 Å². The van der Waals surface area contributed by atoms with Gasteiger partial charge in [0.15, 0.2) is 0 Å². The van der Waals surface area contributed by atoms with Crippen molar-refractivity contribution in [1.82, 2.24) is 10.2 Å². The van der Waals surface area contributed by atoms with Crippen LogP contribution in [0.5, 0.6) is 0 Å². The van der Waals surface area contributed by atoms with Crippen LogP contribution in [0.15, 0.2) is 0 Å². The van der Waals surface area contributed by atoms with Gasteiger partial charge in [0.05, 0.1) is 6.61 Å². The number of rotatable bonds is 7. The van der Waals surface area contributed by atoms with Gasteiger partial charge in [0.25, 0.3) is 0 Å². The Morgan fingerprint density at radius 2 is 1.95 bits per heavy atom. The monoisotopic (exact) mass is 288 g/mol. The number of nitrogens with zero attached hydrogens (tertiary/aromatic N) is 1. The standard InChI is InChI=1S/C13H24N2O5/c1-2-3-6-15(7-8-16)12(19)14-13(11(17)18)4-9-20-10-5-13/h16H,2-10H2,1H3,(H,14,19)(H,17,18). The fraction of sp³-hybridized carbons (Fsp3) is 0.846. The third-order valence-corrected chi connectivity index (χ3v) is 3.54. The van der Waals surface area contributed by atoms with Crippen molar-refractivity contribution in [3.05, 3.63) is 0 Å². The number of carboxylic acids is 1. The van der Waals surface area contributed by atoms with Gasteiger partial charge < -0.3 is 25.2 Å². The third kappa shape index (κ3) is 4.35. The molecule has 0 aromatic carbocycles. The van der Waals surface area contributed by atoms with Gasteiger partial charge in [0.1, 0.15) is 5.54 Å². The van der Waals surface area contributed by atoms with E-state index in [9.17, 15) is 14.7 Å². The number of hydrogen-bond donors (Lipinski definition) is 3. The Balaban J connectivity index is 2.69. The van der Waals surface area contributed by atoms with E-state index < -0.39 is 17.5 Å². The van der Waals surface area contributed by atoms with E-state index in [0.29, 0.717) is 19.8 Å². The van der Waals surface area contributed by atoms with Crippen molar-refractivity contribution in [1.29, 1.82) is 0 Å². The normalized spacial score (nSPS) is 17.5. The highest BCUT2D eigenvalue weighted by atomic mass is 16.5. The van der Waals surface area contributed by atoms with E-state index in [1.807, 2.05) is 6.92 Å². The van der Waals surface area contributed by atoms with Crippen LogP contribution in [0.25, 0.3) is 0 Å². The highest BCUT2D eigenvalue weighted by Crippen LogP contribution is 2.21. The first-order valence-electron chi connectivity index (χ1n) is 7.05. The summed E-state index contributed by atoms with van der Waals surface area (Å²) >= 11 is 0. The number of carbonyl (C=O) groups excluding carboxylic acids is 1. The number of urea groups is 1. The number of aliphatic hydroxyl groups is 1. The Hall–Kier alpha value is -1.34. The summed E-state index contributed by atoms with van der Waals surface area (Å²) in [6.45, 7) is 3.22. The lowest BCUT2D eigenvalue weighted by atomic mass is 9.90. The molecule has 0 saturated carbocycles. The summed E-state index contributed by atoms with van der Waals surface area (Å²) in [5.41, 5.74) is -1.25. The van der Waals surface area contributed by atoms with Crippen LogP contribution in [-0.2, 0) is 9.53 Å². The average Bonchev–Trinajstić information content (AvgIpc) is 2.44. The van der Waals surface area contributed by atoms with Gasteiger partial charge in [-0.05, 0) is 6.42 Å². The maximum atomic E-state index is 12.2. The van der Waals surface area contributed by atoms with Crippen molar-refractivity contribution < 1.29 is 24.5 Å². The van der Waals surface area contributed by atoms with E-state index >= 15 is 0 Å². The van der Waals surface area contributed by atoms with Gasteiger partial charge in [-0.25, -0.2) is 9.59 Å². The molecule has 0 spiro atoms. The van der Waals surface area contributed by atoms with Crippen molar-refractivity contribution in [2.24, 2.45) is 0 Å². The maximum absolute atomic E-state index is 12.2. The van der Waals surface area contributed by atoms with Gasteiger partial charge in [0, 0.05) is 39.1 Å². The molecule has 0 radical (unpaired) electrons. The number of unbranched alkanes of at least 4 members (excludes halogenated alkanes) is 1. The highest BCUT2D eigenvalue weighted by Gasteiger charge is 2.42. The zero-order valence-electron chi connectivity index (χ0n) is 11.9. The van der Waals surface area contributed by atoms with Gasteiger partial charge in [-0.2, -0.15) is 0 Å². The summed E-state index contributed by atoms with van der Waals surface area (Å²) in [5, 5.41) is 21.0. The Bertz CT molecular complexity index is 329. The molecule has 7 heteroatoms. The summed E-state index contributed by atoms with van der Waals surface area (Å²) < 4.78 is 5.16. The zero-order chi connectivity index (χ0) is 15.0. The molecule has 1 heterocycles. The Morgan fingerprint density at radius 3 is 2.45 bits per heavy atom. The Labute approximate surface area is 118 Å². The zero-order valence-corrected chi connectivity index (χ0v) is 11.9. The average molecular weight is 288 g/mol. The van der Waals surface area contributed by atoms with Crippen molar-refractivity contribution >= 4 is 12.0 Å². The van der Waals surface area contributed by atoms with Crippen LogP contribution >= 0.6 is 0 Å². The second-order valence-corrected chi connectivity index (χ2v) is 4.99. The van der Waals surface area contributed by atoms with E-state index in [2.05, 4.69) is 5.32 Å². The molecule has 2 amide bonds. The number of nitrogens with one attached hydrogen (secondary N) is 1. The molecule has 0 aromatic rings. The molecule has 0 unspecified atom stereocenters. The molecule has 0 bridgehead atoms. The van der Waals surface area contributed by atoms with Crippen LogP contribution in [0.1, 0.15) is 32.6 Å². The second-order valence-electron chi connectivity index (χ2n) is 4.99. The number of hydrogen-bond acceptors (Lipinski definition) is 4. The van der Waals surface area contributed by atoms with Gasteiger partial charge in [-0.1, -0.05) is 13.3 Å². The molecule has 7 nitrogen and oxygen atoms in total. The van der Waals surface area contributed by atoms with E-state index in [-0.39, 0.29) is 26.0 Å². The van der Waals surface area contributed by atoms with Crippen LogP contribution in [0.4, 0.5) is 4.79 Å². The van der Waals surface area contributed by atoms with Crippen LogP contribution in [0, 0.1) is 0 Å². The van der Waals surface area contributed by atoms with Crippen molar-refractivity contribution in [3.63, 3.8) is 0 Å². The molecule has 1 rings (SSSR count).